The zero-order valence-electron chi connectivity index (χ0n) is 18.2. The molecule has 0 bridgehead atoms. The summed E-state index contributed by atoms with van der Waals surface area (Å²) in [6.45, 7) is 0. The number of ether oxygens (including phenoxy) is 1. The Morgan fingerprint density at radius 2 is 1.86 bits per heavy atom. The van der Waals surface area contributed by atoms with Crippen molar-refractivity contribution in [2.24, 2.45) is 0 Å². The van der Waals surface area contributed by atoms with E-state index in [-0.39, 0.29) is 11.7 Å². The van der Waals surface area contributed by atoms with Gasteiger partial charge in [0.1, 0.15) is 17.8 Å². The molecule has 0 spiro atoms. The molecule has 35 heavy (non-hydrogen) atoms. The molecule has 4 heterocycles. The van der Waals surface area contributed by atoms with E-state index in [1.54, 1.807) is 46.1 Å². The molecule has 0 radical (unpaired) electrons. The molecule has 170 valence electrons. The number of aromatic nitrogens is 5. The summed E-state index contributed by atoms with van der Waals surface area (Å²) < 4.78 is 10.0. The van der Waals surface area contributed by atoms with E-state index in [0.717, 1.165) is 26.5 Å². The van der Waals surface area contributed by atoms with Gasteiger partial charge in [-0.3, -0.25) is 0 Å². The molecule has 0 amide bonds. The lowest BCUT2D eigenvalue weighted by Gasteiger charge is -2.27. The second-order valence-corrected chi connectivity index (χ2v) is 10.4. The molecule has 0 fully saturated rings. The van der Waals surface area contributed by atoms with Crippen LogP contribution < -0.4 is 4.74 Å². The molecule has 1 aliphatic rings. The number of nitrogens with zero attached hydrogens (tertiary/aromatic N) is 5. The Hall–Kier alpha value is -3.95. The Kier molecular flexibility index (Phi) is 4.71. The van der Waals surface area contributed by atoms with Crippen LogP contribution in [0.2, 0.25) is 0 Å². The van der Waals surface area contributed by atoms with Crippen LogP contribution in [0.15, 0.2) is 83.5 Å². The lowest BCUT2D eigenvalue weighted by atomic mass is 9.84. The van der Waals surface area contributed by atoms with Crippen LogP contribution in [0.5, 0.6) is 17.4 Å². The Morgan fingerprint density at radius 1 is 1.00 bits per heavy atom. The Labute approximate surface area is 208 Å². The lowest BCUT2D eigenvalue weighted by Crippen LogP contribution is -2.14. The highest BCUT2D eigenvalue weighted by atomic mass is 32.2. The molecule has 0 saturated heterocycles. The minimum absolute atomic E-state index is 0.150. The topological polar surface area (TPSA) is 85.4 Å². The molecule has 0 aliphatic carbocycles. The van der Waals surface area contributed by atoms with Gasteiger partial charge in [0.15, 0.2) is 15.8 Å². The van der Waals surface area contributed by atoms with Gasteiger partial charge in [-0.15, -0.1) is 16.4 Å². The van der Waals surface area contributed by atoms with Gasteiger partial charge in [0.25, 0.3) is 0 Å². The predicted octanol–water partition coefficient (Wildman–Crippen LogP) is 6.02. The van der Waals surface area contributed by atoms with Crippen molar-refractivity contribution in [3.63, 3.8) is 0 Å². The molecular weight excluding hydrogens is 478 g/mol. The van der Waals surface area contributed by atoms with Crippen molar-refractivity contribution in [3.05, 3.63) is 102 Å². The van der Waals surface area contributed by atoms with E-state index in [9.17, 15) is 5.11 Å². The van der Waals surface area contributed by atoms with Crippen molar-refractivity contribution in [2.75, 3.05) is 0 Å². The second-order valence-electron chi connectivity index (χ2n) is 8.16. The van der Waals surface area contributed by atoms with E-state index >= 15 is 0 Å². The van der Waals surface area contributed by atoms with E-state index in [1.807, 2.05) is 42.5 Å². The zero-order chi connectivity index (χ0) is 23.4. The van der Waals surface area contributed by atoms with E-state index in [0.29, 0.717) is 28.9 Å². The highest BCUT2D eigenvalue weighted by Crippen LogP contribution is 2.48. The number of hydrogen-bond donors (Lipinski definition) is 1. The minimum atomic E-state index is -0.152. The van der Waals surface area contributed by atoms with Crippen LogP contribution in [0.25, 0.3) is 15.9 Å². The van der Waals surface area contributed by atoms with Gasteiger partial charge in [0.2, 0.25) is 5.88 Å². The van der Waals surface area contributed by atoms with Gasteiger partial charge in [0.05, 0.1) is 21.5 Å². The fourth-order valence-electron chi connectivity index (χ4n) is 4.44. The highest BCUT2D eigenvalue weighted by molar-refractivity contribution is 8.00. The molecule has 7 rings (SSSR count). The molecule has 1 unspecified atom stereocenters. The maximum absolute atomic E-state index is 10.0. The SMILES string of the molecule is Oc1ccc2c(c1)Oc1ncn3nc(CSc4nc5ccccc5s4)nc3c1C2c1ccccc1. The van der Waals surface area contributed by atoms with Crippen LogP contribution in [-0.2, 0) is 5.75 Å². The molecule has 1 aliphatic heterocycles. The summed E-state index contributed by atoms with van der Waals surface area (Å²) in [4.78, 5) is 14.2. The second kappa shape index (κ2) is 8.07. The Balaban J connectivity index is 1.30. The normalized spacial score (nSPS) is 14.6. The van der Waals surface area contributed by atoms with Crippen molar-refractivity contribution >= 4 is 39.0 Å². The average molecular weight is 496 g/mol. The summed E-state index contributed by atoms with van der Waals surface area (Å²) in [7, 11) is 0. The molecule has 7 nitrogen and oxygen atoms in total. The standard InChI is InChI=1S/C26H17N5O2S2/c32-16-10-11-17-19(12-16)33-25-23(22(17)15-6-2-1-3-7-15)24-29-21(30-31(24)14-27-25)13-34-26-28-18-8-4-5-9-20(18)35-26/h1-12,14,22,32H,13H2. The number of thioether (sulfide) groups is 1. The van der Waals surface area contributed by atoms with E-state index in [4.69, 9.17) is 19.8 Å². The van der Waals surface area contributed by atoms with Gasteiger partial charge < -0.3 is 9.84 Å². The first-order chi connectivity index (χ1) is 17.2. The predicted molar refractivity (Wildman–Crippen MR) is 136 cm³/mol. The summed E-state index contributed by atoms with van der Waals surface area (Å²) >= 11 is 3.30. The number of aromatic hydroxyl groups is 1. The summed E-state index contributed by atoms with van der Waals surface area (Å²) in [6, 6.07) is 23.5. The monoisotopic (exact) mass is 495 g/mol. The number of benzene rings is 3. The number of phenols is 1. The fraction of sp³-hybridized carbons (Fsp3) is 0.0769. The van der Waals surface area contributed by atoms with Crippen molar-refractivity contribution in [1.82, 2.24) is 24.6 Å². The third-order valence-corrected chi connectivity index (χ3v) is 8.14. The van der Waals surface area contributed by atoms with Gasteiger partial charge in [-0.2, -0.15) is 0 Å². The van der Waals surface area contributed by atoms with Gasteiger partial charge in [-0.25, -0.2) is 19.5 Å². The van der Waals surface area contributed by atoms with Crippen molar-refractivity contribution < 1.29 is 9.84 Å². The summed E-state index contributed by atoms with van der Waals surface area (Å²) in [5, 5.41) is 14.7. The van der Waals surface area contributed by atoms with Gasteiger partial charge in [0, 0.05) is 17.5 Å². The molecule has 1 atom stereocenters. The van der Waals surface area contributed by atoms with Gasteiger partial charge in [-0.05, 0) is 23.8 Å². The van der Waals surface area contributed by atoms with Crippen molar-refractivity contribution in [2.45, 2.75) is 16.0 Å². The van der Waals surface area contributed by atoms with Crippen LogP contribution in [0.3, 0.4) is 0 Å². The van der Waals surface area contributed by atoms with Crippen LogP contribution in [-0.4, -0.2) is 29.7 Å². The molecule has 6 aromatic rings. The molecule has 1 N–H and O–H groups in total. The van der Waals surface area contributed by atoms with E-state index in [2.05, 4.69) is 23.2 Å². The summed E-state index contributed by atoms with van der Waals surface area (Å²) in [5.74, 6) is 2.36. The fourth-order valence-corrected chi connectivity index (χ4v) is 6.36. The van der Waals surface area contributed by atoms with Crippen LogP contribution in [0.1, 0.15) is 28.4 Å². The Bertz CT molecular complexity index is 1680. The van der Waals surface area contributed by atoms with Crippen molar-refractivity contribution in [1.29, 1.82) is 0 Å². The molecule has 9 heteroatoms. The first-order valence-corrected chi connectivity index (χ1v) is 12.8. The number of para-hydroxylation sites is 1. The maximum atomic E-state index is 10.0. The van der Waals surface area contributed by atoms with Crippen molar-refractivity contribution in [3.8, 4) is 17.4 Å². The lowest BCUT2D eigenvalue weighted by molar-refractivity contribution is 0.422. The maximum Gasteiger partial charge on any atom is 0.228 e. The number of thiazole rings is 1. The number of fused-ring (bicyclic) bond motifs is 5. The molecule has 0 saturated carbocycles. The molecule has 3 aromatic carbocycles. The minimum Gasteiger partial charge on any atom is -0.508 e. The smallest absolute Gasteiger partial charge is 0.228 e. The number of phenolic OH excluding ortho intramolecular Hbond substituents is 1. The summed E-state index contributed by atoms with van der Waals surface area (Å²) in [6.07, 6.45) is 1.63. The van der Waals surface area contributed by atoms with Crippen LogP contribution in [0, 0.1) is 0 Å². The number of rotatable bonds is 4. The average Bonchev–Trinajstić information content (AvgIpc) is 3.50. The van der Waals surface area contributed by atoms with Crippen LogP contribution >= 0.6 is 23.1 Å². The third kappa shape index (κ3) is 3.51. The largest absolute Gasteiger partial charge is 0.508 e. The first-order valence-electron chi connectivity index (χ1n) is 11.0. The van der Waals surface area contributed by atoms with Gasteiger partial charge >= 0.3 is 0 Å². The molecule has 3 aromatic heterocycles. The quantitative estimate of drug-likeness (QED) is 0.299. The first kappa shape index (κ1) is 20.4. The highest BCUT2D eigenvalue weighted by Gasteiger charge is 2.33. The number of hydrogen-bond acceptors (Lipinski definition) is 8. The Morgan fingerprint density at radius 3 is 2.74 bits per heavy atom. The van der Waals surface area contributed by atoms with E-state index < -0.39 is 0 Å². The van der Waals surface area contributed by atoms with Gasteiger partial charge in [-0.1, -0.05) is 60.3 Å². The zero-order valence-corrected chi connectivity index (χ0v) is 19.8. The van der Waals surface area contributed by atoms with Crippen LogP contribution in [0.4, 0.5) is 0 Å². The molecular formula is C26H17N5O2S2. The third-order valence-electron chi connectivity index (χ3n) is 5.97. The van der Waals surface area contributed by atoms with E-state index in [1.165, 1.54) is 4.70 Å². The summed E-state index contributed by atoms with van der Waals surface area (Å²) in [5.41, 5.74) is 4.62.